The average Bonchev–Trinajstić information content (AvgIpc) is 2.96. The number of sulfonamides is 1. The Hall–Kier alpha value is -1.11. The van der Waals surface area contributed by atoms with Gasteiger partial charge in [0.2, 0.25) is 10.0 Å². The molecule has 1 unspecified atom stereocenters. The Bertz CT molecular complexity index is 572. The molecule has 1 saturated heterocycles. The monoisotopic (exact) mass is 311 g/mol. The minimum atomic E-state index is -3.42. The number of para-hydroxylation sites is 1. The molecule has 0 aromatic heterocycles. The third-order valence-corrected chi connectivity index (χ3v) is 5.85. The van der Waals surface area contributed by atoms with E-state index in [0.29, 0.717) is 29.7 Å². The normalized spacial score (nSPS) is 20.1. The van der Waals surface area contributed by atoms with Crippen LogP contribution in [0.4, 0.5) is 5.69 Å². The highest BCUT2D eigenvalue weighted by atomic mass is 32.2. The van der Waals surface area contributed by atoms with Gasteiger partial charge >= 0.3 is 0 Å². The average molecular weight is 311 g/mol. The summed E-state index contributed by atoms with van der Waals surface area (Å²) in [5.74, 6) is 0. The molecule has 0 spiro atoms. The van der Waals surface area contributed by atoms with Crippen molar-refractivity contribution in [2.75, 3.05) is 39.0 Å². The first kappa shape index (κ1) is 16.3. The third kappa shape index (κ3) is 3.56. The van der Waals surface area contributed by atoms with Crippen LogP contribution >= 0.6 is 0 Å². The molecule has 1 atom stereocenters. The molecule has 0 amide bonds. The van der Waals surface area contributed by atoms with E-state index in [9.17, 15) is 8.42 Å². The third-order valence-electron chi connectivity index (χ3n) is 3.93. The lowest BCUT2D eigenvalue weighted by molar-refractivity contribution is 0.302. The first-order chi connectivity index (χ1) is 9.96. The second kappa shape index (κ2) is 6.77. The maximum Gasteiger partial charge on any atom is 0.245 e. The highest BCUT2D eigenvalue weighted by Crippen LogP contribution is 2.27. The Balaban J connectivity index is 2.24. The first-order valence-corrected chi connectivity index (χ1v) is 8.90. The van der Waals surface area contributed by atoms with Crippen LogP contribution in [0.3, 0.4) is 0 Å². The Kier molecular flexibility index (Phi) is 5.24. The van der Waals surface area contributed by atoms with Crippen molar-refractivity contribution in [1.82, 2.24) is 9.21 Å². The van der Waals surface area contributed by atoms with Gasteiger partial charge in [0.05, 0.1) is 5.69 Å². The lowest BCUT2D eigenvalue weighted by Gasteiger charge is -2.21. The molecule has 0 saturated carbocycles. The molecule has 5 nitrogen and oxygen atoms in total. The zero-order valence-corrected chi connectivity index (χ0v) is 13.9. The zero-order valence-electron chi connectivity index (χ0n) is 13.0. The maximum absolute atomic E-state index is 12.9. The van der Waals surface area contributed by atoms with E-state index >= 15 is 0 Å². The van der Waals surface area contributed by atoms with Crippen LogP contribution in [0.25, 0.3) is 0 Å². The lowest BCUT2D eigenvalue weighted by Crippen LogP contribution is -2.34. The molecule has 1 fully saturated rings. The van der Waals surface area contributed by atoms with Gasteiger partial charge in [0.25, 0.3) is 0 Å². The van der Waals surface area contributed by atoms with Crippen molar-refractivity contribution in [3.05, 3.63) is 24.3 Å². The summed E-state index contributed by atoms with van der Waals surface area (Å²) >= 11 is 0. The van der Waals surface area contributed by atoms with Crippen molar-refractivity contribution in [3.8, 4) is 0 Å². The van der Waals surface area contributed by atoms with Gasteiger partial charge in [-0.15, -0.1) is 0 Å². The van der Waals surface area contributed by atoms with Crippen LogP contribution < -0.4 is 5.32 Å². The topological polar surface area (TPSA) is 52.7 Å². The fourth-order valence-electron chi connectivity index (χ4n) is 2.59. The summed E-state index contributed by atoms with van der Waals surface area (Å²) in [4.78, 5) is 2.48. The first-order valence-electron chi connectivity index (χ1n) is 7.46. The van der Waals surface area contributed by atoms with Crippen LogP contribution in [0.2, 0.25) is 0 Å². The number of nitrogens with one attached hydrogen (secondary N) is 1. The van der Waals surface area contributed by atoms with E-state index in [0.717, 1.165) is 19.4 Å². The number of rotatable bonds is 6. The van der Waals surface area contributed by atoms with Gasteiger partial charge in [0.15, 0.2) is 0 Å². The van der Waals surface area contributed by atoms with Gasteiger partial charge in [-0.2, -0.15) is 4.31 Å². The summed E-state index contributed by atoms with van der Waals surface area (Å²) in [6.45, 7) is 3.99. The number of anilines is 1. The number of hydrogen-bond donors (Lipinski definition) is 1. The molecule has 118 valence electrons. The molecule has 21 heavy (non-hydrogen) atoms. The molecule has 0 radical (unpaired) electrons. The smallest absolute Gasteiger partial charge is 0.245 e. The van der Waals surface area contributed by atoms with Gasteiger partial charge in [-0.1, -0.05) is 19.1 Å². The standard InChI is InChI=1S/C15H25N3O2S/c1-4-10-16-14-7-5-6-8-15(14)21(19,20)18-11-9-13(12-18)17(2)3/h5-8,13,16H,4,9-12H2,1-3H3. The minimum absolute atomic E-state index is 0.301. The SMILES string of the molecule is CCCNc1ccccc1S(=O)(=O)N1CCC(N(C)C)C1. The fourth-order valence-corrected chi connectivity index (χ4v) is 4.25. The molecular weight excluding hydrogens is 286 g/mol. The largest absolute Gasteiger partial charge is 0.384 e. The van der Waals surface area contributed by atoms with Crippen molar-refractivity contribution in [1.29, 1.82) is 0 Å². The molecule has 1 N–H and O–H groups in total. The van der Waals surface area contributed by atoms with Gasteiger partial charge in [-0.25, -0.2) is 8.42 Å². The second-order valence-electron chi connectivity index (χ2n) is 5.69. The molecule has 1 aromatic carbocycles. The summed E-state index contributed by atoms with van der Waals surface area (Å²) in [5, 5.41) is 3.21. The quantitative estimate of drug-likeness (QED) is 0.871. The number of likely N-dealkylation sites (N-methyl/N-ethyl adjacent to an activating group) is 1. The Labute approximate surface area is 128 Å². The van der Waals surface area contributed by atoms with Gasteiger partial charge in [-0.3, -0.25) is 0 Å². The highest BCUT2D eigenvalue weighted by Gasteiger charge is 2.34. The predicted molar refractivity (Wildman–Crippen MR) is 86.1 cm³/mol. The van der Waals surface area contributed by atoms with E-state index in [2.05, 4.69) is 17.1 Å². The molecule has 0 bridgehead atoms. The molecule has 0 aliphatic carbocycles. The fraction of sp³-hybridized carbons (Fsp3) is 0.600. The molecule has 2 rings (SSSR count). The van der Waals surface area contributed by atoms with Crippen molar-refractivity contribution < 1.29 is 8.42 Å². The van der Waals surface area contributed by atoms with Crippen LogP contribution in [0.15, 0.2) is 29.2 Å². The molecule has 6 heteroatoms. The van der Waals surface area contributed by atoms with Crippen LogP contribution in [-0.2, 0) is 10.0 Å². The number of hydrogen-bond acceptors (Lipinski definition) is 4. The van der Waals surface area contributed by atoms with E-state index in [-0.39, 0.29) is 0 Å². The predicted octanol–water partition coefficient (Wildman–Crippen LogP) is 1.83. The van der Waals surface area contributed by atoms with Gasteiger partial charge in [0.1, 0.15) is 4.90 Å². The molecule has 1 aliphatic heterocycles. The van der Waals surface area contributed by atoms with E-state index in [1.165, 1.54) is 0 Å². The Morgan fingerprint density at radius 2 is 2.05 bits per heavy atom. The van der Waals surface area contributed by atoms with Crippen LogP contribution in [-0.4, -0.2) is 57.4 Å². The van der Waals surface area contributed by atoms with E-state index in [1.54, 1.807) is 16.4 Å². The van der Waals surface area contributed by atoms with Gasteiger partial charge in [0, 0.05) is 25.7 Å². The molecule has 1 heterocycles. The summed E-state index contributed by atoms with van der Waals surface area (Å²) in [6.07, 6.45) is 1.84. The summed E-state index contributed by atoms with van der Waals surface area (Å²) in [6, 6.07) is 7.47. The van der Waals surface area contributed by atoms with E-state index in [4.69, 9.17) is 0 Å². The van der Waals surface area contributed by atoms with Crippen molar-refractivity contribution >= 4 is 15.7 Å². The van der Waals surface area contributed by atoms with E-state index < -0.39 is 10.0 Å². The maximum atomic E-state index is 12.9. The second-order valence-corrected chi connectivity index (χ2v) is 7.60. The van der Waals surface area contributed by atoms with Crippen LogP contribution in [0, 0.1) is 0 Å². The van der Waals surface area contributed by atoms with Gasteiger partial charge < -0.3 is 10.2 Å². The highest BCUT2D eigenvalue weighted by molar-refractivity contribution is 7.89. The van der Waals surface area contributed by atoms with Gasteiger partial charge in [-0.05, 0) is 39.1 Å². The number of nitrogens with zero attached hydrogens (tertiary/aromatic N) is 2. The van der Waals surface area contributed by atoms with Crippen molar-refractivity contribution in [3.63, 3.8) is 0 Å². The minimum Gasteiger partial charge on any atom is -0.384 e. The summed E-state index contributed by atoms with van der Waals surface area (Å²) in [7, 11) is 0.573. The van der Waals surface area contributed by atoms with E-state index in [1.807, 2.05) is 26.2 Å². The Morgan fingerprint density at radius 1 is 1.33 bits per heavy atom. The van der Waals surface area contributed by atoms with Crippen LogP contribution in [0.5, 0.6) is 0 Å². The zero-order chi connectivity index (χ0) is 15.5. The molecule has 1 aliphatic rings. The van der Waals surface area contributed by atoms with Crippen LogP contribution in [0.1, 0.15) is 19.8 Å². The summed E-state index contributed by atoms with van der Waals surface area (Å²) < 4.78 is 27.3. The van der Waals surface area contributed by atoms with Crippen molar-refractivity contribution in [2.45, 2.75) is 30.7 Å². The summed E-state index contributed by atoms with van der Waals surface area (Å²) in [5.41, 5.74) is 0.702. The number of benzene rings is 1. The molecule has 1 aromatic rings. The Morgan fingerprint density at radius 3 is 2.67 bits per heavy atom. The lowest BCUT2D eigenvalue weighted by atomic mass is 10.2. The molecular formula is C15H25N3O2S. The van der Waals surface area contributed by atoms with Crippen molar-refractivity contribution in [2.24, 2.45) is 0 Å².